The summed E-state index contributed by atoms with van der Waals surface area (Å²) in [4.78, 5) is 0.939. The average Bonchev–Trinajstić information content (AvgIpc) is 2.84. The molecule has 1 heterocycles. The van der Waals surface area contributed by atoms with Crippen LogP contribution in [0.25, 0.3) is 0 Å². The SMILES string of the molecule is CNCc1sccc1S(=O)(=O)Nc1cccc(F)c1C. The molecule has 108 valence electrons. The molecular weight excluding hydrogens is 299 g/mol. The van der Waals surface area contributed by atoms with Crippen LogP contribution < -0.4 is 10.0 Å². The number of rotatable bonds is 5. The van der Waals surface area contributed by atoms with Crippen molar-refractivity contribution in [2.24, 2.45) is 0 Å². The van der Waals surface area contributed by atoms with E-state index in [1.165, 1.54) is 30.4 Å². The molecule has 0 fully saturated rings. The maximum atomic E-state index is 13.5. The molecule has 0 aliphatic rings. The molecule has 0 amide bonds. The number of anilines is 1. The van der Waals surface area contributed by atoms with Crippen LogP contribution in [0.2, 0.25) is 0 Å². The molecule has 2 N–H and O–H groups in total. The van der Waals surface area contributed by atoms with Crippen molar-refractivity contribution in [3.63, 3.8) is 0 Å². The molecule has 0 radical (unpaired) electrons. The van der Waals surface area contributed by atoms with Crippen molar-refractivity contribution in [1.82, 2.24) is 5.32 Å². The lowest BCUT2D eigenvalue weighted by Gasteiger charge is -2.11. The second-order valence-electron chi connectivity index (χ2n) is 4.26. The van der Waals surface area contributed by atoms with Gasteiger partial charge in [0.1, 0.15) is 10.7 Å². The lowest BCUT2D eigenvalue weighted by molar-refractivity contribution is 0.599. The topological polar surface area (TPSA) is 58.2 Å². The van der Waals surface area contributed by atoms with Crippen LogP contribution in [0.3, 0.4) is 0 Å². The quantitative estimate of drug-likeness (QED) is 0.892. The third kappa shape index (κ3) is 3.00. The Morgan fingerprint density at radius 3 is 2.75 bits per heavy atom. The summed E-state index contributed by atoms with van der Waals surface area (Å²) in [7, 11) is -1.96. The Morgan fingerprint density at radius 2 is 2.05 bits per heavy atom. The maximum Gasteiger partial charge on any atom is 0.263 e. The fraction of sp³-hybridized carbons (Fsp3) is 0.231. The predicted molar refractivity (Wildman–Crippen MR) is 79.0 cm³/mol. The summed E-state index contributed by atoms with van der Waals surface area (Å²) in [5.41, 5.74) is 0.535. The van der Waals surface area contributed by atoms with Crippen molar-refractivity contribution in [2.75, 3.05) is 11.8 Å². The molecule has 1 aromatic heterocycles. The van der Waals surface area contributed by atoms with Crippen LogP contribution in [-0.4, -0.2) is 15.5 Å². The molecule has 0 aliphatic carbocycles. The number of hydrogen-bond donors (Lipinski definition) is 2. The third-order valence-corrected chi connectivity index (χ3v) is 5.34. The Balaban J connectivity index is 2.36. The van der Waals surface area contributed by atoms with Gasteiger partial charge in [-0.2, -0.15) is 0 Å². The number of benzene rings is 1. The second kappa shape index (κ2) is 5.90. The molecule has 20 heavy (non-hydrogen) atoms. The van der Waals surface area contributed by atoms with Crippen LogP contribution in [0.5, 0.6) is 0 Å². The summed E-state index contributed by atoms with van der Waals surface area (Å²) < 4.78 is 40.6. The number of nitrogens with one attached hydrogen (secondary N) is 2. The van der Waals surface area contributed by atoms with E-state index >= 15 is 0 Å². The monoisotopic (exact) mass is 314 g/mol. The van der Waals surface area contributed by atoms with E-state index in [9.17, 15) is 12.8 Å². The molecule has 0 atom stereocenters. The van der Waals surface area contributed by atoms with Gasteiger partial charge in [-0.25, -0.2) is 12.8 Å². The summed E-state index contributed by atoms with van der Waals surface area (Å²) in [6, 6.07) is 5.86. The number of sulfonamides is 1. The highest BCUT2D eigenvalue weighted by Gasteiger charge is 2.20. The molecule has 0 unspecified atom stereocenters. The highest BCUT2D eigenvalue weighted by atomic mass is 32.2. The van der Waals surface area contributed by atoms with Gasteiger partial charge in [0.15, 0.2) is 0 Å². The van der Waals surface area contributed by atoms with Gasteiger partial charge in [0.25, 0.3) is 10.0 Å². The molecule has 2 rings (SSSR count). The van der Waals surface area contributed by atoms with Crippen LogP contribution in [0, 0.1) is 12.7 Å². The first-order chi connectivity index (χ1) is 9.45. The van der Waals surface area contributed by atoms with Crippen LogP contribution in [-0.2, 0) is 16.6 Å². The standard InChI is InChI=1S/C13H15FN2O2S2/c1-9-10(14)4-3-5-11(9)16-20(17,18)13-6-7-19-12(13)8-15-2/h3-7,15-16H,8H2,1-2H3. The summed E-state index contributed by atoms with van der Waals surface area (Å²) in [6.07, 6.45) is 0. The zero-order valence-corrected chi connectivity index (χ0v) is 12.7. The molecule has 0 saturated heterocycles. The van der Waals surface area contributed by atoms with Crippen molar-refractivity contribution in [3.05, 3.63) is 45.9 Å². The smallest absolute Gasteiger partial charge is 0.263 e. The summed E-state index contributed by atoms with van der Waals surface area (Å²) in [6.45, 7) is 2.01. The minimum Gasteiger partial charge on any atom is -0.315 e. The van der Waals surface area contributed by atoms with Gasteiger partial charge >= 0.3 is 0 Å². The Hall–Kier alpha value is -1.44. The molecule has 1 aromatic carbocycles. The number of thiophene rings is 1. The van der Waals surface area contributed by atoms with Crippen LogP contribution in [0.15, 0.2) is 34.5 Å². The second-order valence-corrected chi connectivity index (χ2v) is 6.91. The van der Waals surface area contributed by atoms with Gasteiger partial charge in [-0.3, -0.25) is 4.72 Å². The Bertz CT molecular complexity index is 711. The minimum atomic E-state index is -3.71. The summed E-state index contributed by atoms with van der Waals surface area (Å²) in [5, 5.41) is 4.65. The molecular formula is C13H15FN2O2S2. The van der Waals surface area contributed by atoms with Crippen molar-refractivity contribution >= 4 is 27.0 Å². The van der Waals surface area contributed by atoms with E-state index in [4.69, 9.17) is 0 Å². The maximum absolute atomic E-state index is 13.5. The van der Waals surface area contributed by atoms with Gasteiger partial charge in [-0.1, -0.05) is 6.07 Å². The first-order valence-electron chi connectivity index (χ1n) is 5.94. The van der Waals surface area contributed by atoms with Gasteiger partial charge in [-0.15, -0.1) is 11.3 Å². The van der Waals surface area contributed by atoms with E-state index in [-0.39, 0.29) is 16.1 Å². The zero-order valence-electron chi connectivity index (χ0n) is 11.1. The molecule has 2 aromatic rings. The van der Waals surface area contributed by atoms with E-state index in [0.717, 1.165) is 0 Å². The predicted octanol–water partition coefficient (Wildman–Crippen LogP) is 2.72. The van der Waals surface area contributed by atoms with Crippen LogP contribution in [0.1, 0.15) is 10.4 Å². The minimum absolute atomic E-state index is 0.223. The Morgan fingerprint density at radius 1 is 1.30 bits per heavy atom. The lowest BCUT2D eigenvalue weighted by Crippen LogP contribution is -2.16. The molecule has 0 saturated carbocycles. The molecule has 0 spiro atoms. The van der Waals surface area contributed by atoms with E-state index in [1.54, 1.807) is 24.6 Å². The average molecular weight is 314 g/mol. The molecule has 4 nitrogen and oxygen atoms in total. The third-order valence-electron chi connectivity index (χ3n) is 2.84. The Labute approximate surface area is 121 Å². The number of hydrogen-bond acceptors (Lipinski definition) is 4. The van der Waals surface area contributed by atoms with Crippen molar-refractivity contribution < 1.29 is 12.8 Å². The largest absolute Gasteiger partial charge is 0.315 e. The first-order valence-corrected chi connectivity index (χ1v) is 8.31. The van der Waals surface area contributed by atoms with E-state index < -0.39 is 15.8 Å². The van der Waals surface area contributed by atoms with E-state index in [1.807, 2.05) is 0 Å². The highest BCUT2D eigenvalue weighted by Crippen LogP contribution is 2.26. The molecule has 7 heteroatoms. The van der Waals surface area contributed by atoms with E-state index in [2.05, 4.69) is 10.0 Å². The van der Waals surface area contributed by atoms with Gasteiger partial charge in [0.2, 0.25) is 0 Å². The van der Waals surface area contributed by atoms with E-state index in [0.29, 0.717) is 11.4 Å². The van der Waals surface area contributed by atoms with Gasteiger partial charge < -0.3 is 5.32 Å². The summed E-state index contributed by atoms with van der Waals surface area (Å²) in [5.74, 6) is -0.439. The zero-order chi connectivity index (χ0) is 14.8. The van der Waals surface area contributed by atoms with Crippen molar-refractivity contribution in [3.8, 4) is 0 Å². The van der Waals surface area contributed by atoms with Gasteiger partial charge in [0, 0.05) is 17.0 Å². The first kappa shape index (κ1) is 15.0. The number of halogens is 1. The molecule has 0 aliphatic heterocycles. The van der Waals surface area contributed by atoms with Crippen molar-refractivity contribution in [1.29, 1.82) is 0 Å². The highest BCUT2D eigenvalue weighted by molar-refractivity contribution is 7.93. The fourth-order valence-electron chi connectivity index (χ4n) is 1.78. The van der Waals surface area contributed by atoms with Crippen LogP contribution >= 0.6 is 11.3 Å². The Kier molecular flexibility index (Phi) is 4.42. The lowest BCUT2D eigenvalue weighted by atomic mass is 10.2. The van der Waals surface area contributed by atoms with Crippen molar-refractivity contribution in [2.45, 2.75) is 18.4 Å². The van der Waals surface area contributed by atoms with Crippen LogP contribution in [0.4, 0.5) is 10.1 Å². The normalized spacial score (nSPS) is 11.6. The van der Waals surface area contributed by atoms with Gasteiger partial charge in [-0.05, 0) is 37.6 Å². The summed E-state index contributed by atoms with van der Waals surface area (Å²) >= 11 is 1.36. The molecule has 0 bridgehead atoms. The van der Waals surface area contributed by atoms with Gasteiger partial charge in [0.05, 0.1) is 5.69 Å². The fourth-order valence-corrected chi connectivity index (χ4v) is 4.36.